The summed E-state index contributed by atoms with van der Waals surface area (Å²) in [5.74, 6) is 1.92. The lowest BCUT2D eigenvalue weighted by Crippen LogP contribution is -2.55. The number of aryl methyl sites for hydroxylation is 1. The molecule has 10 nitrogen and oxygen atoms in total. The molecule has 0 aliphatic carbocycles. The molecule has 5 rings (SSSR count). The van der Waals surface area contributed by atoms with Gasteiger partial charge in [-0.1, -0.05) is 18.2 Å². The molecule has 0 saturated carbocycles. The van der Waals surface area contributed by atoms with E-state index in [0.717, 1.165) is 41.2 Å². The molecule has 42 heavy (non-hydrogen) atoms. The number of hydrogen-bond donors (Lipinski definition) is 1. The number of aromatic nitrogens is 4. The molecule has 3 heterocycles. The van der Waals surface area contributed by atoms with Crippen molar-refractivity contribution >= 4 is 11.7 Å². The van der Waals surface area contributed by atoms with Gasteiger partial charge in [0, 0.05) is 63.3 Å². The molecule has 0 bridgehead atoms. The Morgan fingerprint density at radius 3 is 2.62 bits per heavy atom. The van der Waals surface area contributed by atoms with Crippen LogP contribution in [-0.4, -0.2) is 76.8 Å². The number of piperazine rings is 1. The molecule has 2 aromatic carbocycles. The van der Waals surface area contributed by atoms with E-state index in [0.29, 0.717) is 38.5 Å². The fourth-order valence-electron chi connectivity index (χ4n) is 5.22. The zero-order valence-electron chi connectivity index (χ0n) is 24.2. The van der Waals surface area contributed by atoms with Crippen LogP contribution in [0.15, 0.2) is 67.4 Å². The van der Waals surface area contributed by atoms with Crippen molar-refractivity contribution in [1.82, 2.24) is 29.7 Å². The van der Waals surface area contributed by atoms with Gasteiger partial charge in [0.05, 0.1) is 20.3 Å². The van der Waals surface area contributed by atoms with Crippen molar-refractivity contribution in [2.75, 3.05) is 45.3 Å². The number of benzene rings is 2. The normalized spacial score (nSPS) is 15.4. The lowest BCUT2D eigenvalue weighted by molar-refractivity contribution is -0.121. The first-order valence-electron chi connectivity index (χ1n) is 14.0. The van der Waals surface area contributed by atoms with E-state index in [1.807, 2.05) is 37.3 Å². The lowest BCUT2D eigenvalue weighted by Gasteiger charge is -2.42. The minimum Gasteiger partial charge on any atom is -0.497 e. The van der Waals surface area contributed by atoms with Crippen LogP contribution in [0, 0.1) is 12.7 Å². The molecule has 0 radical (unpaired) electrons. The Balaban J connectivity index is 1.30. The van der Waals surface area contributed by atoms with Crippen molar-refractivity contribution in [3.05, 3.63) is 89.9 Å². The SMILES string of the molecule is COc1ccc(CCNC(=O)CC2CN(Cc3ccc(OC)c(F)c3)CCN2c2nc(-n3ccnc3)ncc2C)cc1. The van der Waals surface area contributed by atoms with Gasteiger partial charge in [-0.3, -0.25) is 14.3 Å². The molecule has 1 saturated heterocycles. The number of nitrogens with one attached hydrogen (secondary N) is 1. The molecule has 1 aliphatic heterocycles. The van der Waals surface area contributed by atoms with Crippen LogP contribution in [0.25, 0.3) is 5.95 Å². The third-order valence-electron chi connectivity index (χ3n) is 7.44. The summed E-state index contributed by atoms with van der Waals surface area (Å²) in [5.41, 5.74) is 2.90. The van der Waals surface area contributed by atoms with Gasteiger partial charge in [-0.15, -0.1) is 0 Å². The maximum absolute atomic E-state index is 14.4. The predicted octanol–water partition coefficient (Wildman–Crippen LogP) is 3.57. The van der Waals surface area contributed by atoms with Gasteiger partial charge in [-0.25, -0.2) is 14.4 Å². The topological polar surface area (TPSA) is 97.6 Å². The minimum atomic E-state index is -0.384. The number of halogens is 1. The first-order valence-corrected chi connectivity index (χ1v) is 14.0. The van der Waals surface area contributed by atoms with E-state index in [9.17, 15) is 9.18 Å². The Labute approximate surface area is 245 Å². The minimum absolute atomic E-state index is 0.0302. The van der Waals surface area contributed by atoms with Crippen molar-refractivity contribution in [1.29, 1.82) is 0 Å². The number of amides is 1. The van der Waals surface area contributed by atoms with Gasteiger partial charge in [0.2, 0.25) is 11.9 Å². The molecule has 2 aromatic heterocycles. The fraction of sp³-hybridized carbons (Fsp3) is 0.355. The number of carbonyl (C=O) groups is 1. The van der Waals surface area contributed by atoms with Crippen LogP contribution in [0.4, 0.5) is 10.2 Å². The van der Waals surface area contributed by atoms with Crippen LogP contribution < -0.4 is 19.7 Å². The second-order valence-corrected chi connectivity index (χ2v) is 10.3. The lowest BCUT2D eigenvalue weighted by atomic mass is 10.1. The first kappa shape index (κ1) is 29.0. The van der Waals surface area contributed by atoms with Crippen molar-refractivity contribution in [2.45, 2.75) is 32.4 Å². The van der Waals surface area contributed by atoms with Gasteiger partial charge < -0.3 is 19.7 Å². The molecule has 1 aliphatic rings. The van der Waals surface area contributed by atoms with Crippen LogP contribution in [0.3, 0.4) is 0 Å². The molecule has 11 heteroatoms. The van der Waals surface area contributed by atoms with E-state index in [-0.39, 0.29) is 23.5 Å². The molecular formula is C31H36FN7O3. The smallest absolute Gasteiger partial charge is 0.236 e. The molecule has 1 fully saturated rings. The summed E-state index contributed by atoms with van der Waals surface area (Å²) >= 11 is 0. The third-order valence-corrected chi connectivity index (χ3v) is 7.44. The highest BCUT2D eigenvalue weighted by molar-refractivity contribution is 5.77. The highest BCUT2D eigenvalue weighted by atomic mass is 19.1. The Morgan fingerprint density at radius 1 is 1.10 bits per heavy atom. The molecule has 1 amide bonds. The van der Waals surface area contributed by atoms with Crippen LogP contribution >= 0.6 is 0 Å². The largest absolute Gasteiger partial charge is 0.497 e. The van der Waals surface area contributed by atoms with Gasteiger partial charge >= 0.3 is 0 Å². The Morgan fingerprint density at radius 2 is 1.90 bits per heavy atom. The van der Waals surface area contributed by atoms with Gasteiger partial charge in [0.15, 0.2) is 11.6 Å². The fourth-order valence-corrected chi connectivity index (χ4v) is 5.22. The molecule has 4 aromatic rings. The second kappa shape index (κ2) is 13.4. The van der Waals surface area contributed by atoms with Crippen molar-refractivity contribution in [3.63, 3.8) is 0 Å². The van der Waals surface area contributed by atoms with E-state index in [1.54, 1.807) is 42.7 Å². The van der Waals surface area contributed by atoms with E-state index in [1.165, 1.54) is 13.2 Å². The standard InChI is InChI=1S/C31H36FN7O3/c1-22-18-35-31(38-13-12-33-21-38)36-30(22)39-15-14-37(19-24-6-9-28(42-3)27(32)16-24)20-25(39)17-29(40)34-11-10-23-4-7-26(41-2)8-5-23/h4-9,12-13,16,18,21,25H,10-11,14-15,17,19-20H2,1-3H3,(H,34,40). The van der Waals surface area contributed by atoms with Crippen LogP contribution in [-0.2, 0) is 17.8 Å². The quantitative estimate of drug-likeness (QED) is 0.291. The van der Waals surface area contributed by atoms with Crippen LogP contribution in [0.1, 0.15) is 23.1 Å². The van der Waals surface area contributed by atoms with Crippen LogP contribution in [0.2, 0.25) is 0 Å². The van der Waals surface area contributed by atoms with Crippen LogP contribution in [0.5, 0.6) is 11.5 Å². The second-order valence-electron chi connectivity index (χ2n) is 10.3. The molecule has 0 spiro atoms. The summed E-state index contributed by atoms with van der Waals surface area (Å²) in [6.07, 6.45) is 7.96. The number of hydrogen-bond acceptors (Lipinski definition) is 8. The number of imidazole rings is 1. The number of rotatable bonds is 11. The van der Waals surface area contributed by atoms with E-state index < -0.39 is 0 Å². The summed E-state index contributed by atoms with van der Waals surface area (Å²) < 4.78 is 26.4. The molecule has 1 unspecified atom stereocenters. The van der Waals surface area contributed by atoms with E-state index >= 15 is 0 Å². The summed E-state index contributed by atoms with van der Waals surface area (Å²) in [4.78, 5) is 31.1. The average Bonchev–Trinajstić information content (AvgIpc) is 3.54. The summed E-state index contributed by atoms with van der Waals surface area (Å²) in [5, 5.41) is 3.09. The highest BCUT2D eigenvalue weighted by Gasteiger charge is 2.31. The highest BCUT2D eigenvalue weighted by Crippen LogP contribution is 2.26. The number of anilines is 1. The summed E-state index contributed by atoms with van der Waals surface area (Å²) in [6.45, 7) is 5.07. The number of methoxy groups -OCH3 is 2. The maximum Gasteiger partial charge on any atom is 0.236 e. The number of nitrogens with zero attached hydrogens (tertiary/aromatic N) is 6. The Hall–Kier alpha value is -4.51. The third kappa shape index (κ3) is 7.03. The van der Waals surface area contributed by atoms with E-state index in [4.69, 9.17) is 14.5 Å². The monoisotopic (exact) mass is 573 g/mol. The first-order chi connectivity index (χ1) is 20.4. The molecule has 1 atom stereocenters. The van der Waals surface area contributed by atoms with Crippen molar-refractivity contribution < 1.29 is 18.7 Å². The van der Waals surface area contributed by atoms with Gasteiger partial charge in [0.1, 0.15) is 17.9 Å². The van der Waals surface area contributed by atoms with Gasteiger partial charge in [0.25, 0.3) is 0 Å². The van der Waals surface area contributed by atoms with E-state index in [2.05, 4.69) is 25.1 Å². The number of carbonyl (C=O) groups excluding carboxylic acids is 1. The van der Waals surface area contributed by atoms with Crippen molar-refractivity contribution in [3.8, 4) is 17.4 Å². The predicted molar refractivity (Wildman–Crippen MR) is 158 cm³/mol. The van der Waals surface area contributed by atoms with Gasteiger partial charge in [-0.2, -0.15) is 4.98 Å². The molecular weight excluding hydrogens is 537 g/mol. The van der Waals surface area contributed by atoms with Gasteiger partial charge in [-0.05, 0) is 48.7 Å². The zero-order valence-corrected chi connectivity index (χ0v) is 24.2. The summed E-state index contributed by atoms with van der Waals surface area (Å²) in [6, 6.07) is 12.7. The Kier molecular flexibility index (Phi) is 9.28. The Bertz CT molecular complexity index is 1480. The van der Waals surface area contributed by atoms with Crippen molar-refractivity contribution in [2.24, 2.45) is 0 Å². The maximum atomic E-state index is 14.4. The molecule has 220 valence electrons. The average molecular weight is 574 g/mol. The summed E-state index contributed by atoms with van der Waals surface area (Å²) in [7, 11) is 3.10. The number of ether oxygens (including phenoxy) is 2. The zero-order chi connectivity index (χ0) is 29.5. The molecule has 1 N–H and O–H groups in total.